The van der Waals surface area contributed by atoms with Gasteiger partial charge >= 0.3 is 12.2 Å². The Morgan fingerprint density at radius 1 is 1.07 bits per heavy atom. The highest BCUT2D eigenvalue weighted by molar-refractivity contribution is 5.94. The van der Waals surface area contributed by atoms with Crippen molar-refractivity contribution in [2.24, 2.45) is 7.05 Å². The topological polar surface area (TPSA) is 71.0 Å². The summed E-state index contributed by atoms with van der Waals surface area (Å²) in [6.07, 6.45) is -4.46. The van der Waals surface area contributed by atoms with Crippen LogP contribution in [0.3, 0.4) is 0 Å². The Morgan fingerprint density at radius 2 is 1.79 bits per heavy atom. The number of urea groups is 1. The molecule has 28 heavy (non-hydrogen) atoms. The standard InChI is InChI=1S/C19H18F3N5O/c1-12-16(13-7-4-3-5-8-13)17(27(2)26-12)23-18(28)25-24-15-10-6-9-14(11-15)19(20,21)22/h3-11,24H,1-2H3,(H2,23,25,28). The number of hydrogen-bond donors (Lipinski definition) is 3. The second kappa shape index (κ2) is 7.63. The zero-order valence-electron chi connectivity index (χ0n) is 15.1. The van der Waals surface area contributed by atoms with Crippen molar-refractivity contribution in [3.8, 4) is 11.1 Å². The van der Waals surface area contributed by atoms with Gasteiger partial charge in [-0.2, -0.15) is 18.3 Å². The quantitative estimate of drug-likeness (QED) is 0.573. The molecule has 9 heteroatoms. The third kappa shape index (κ3) is 4.25. The van der Waals surface area contributed by atoms with Crippen LogP contribution in [0.5, 0.6) is 0 Å². The molecule has 0 fully saturated rings. The molecule has 3 aromatic rings. The number of aromatic nitrogens is 2. The van der Waals surface area contributed by atoms with Gasteiger partial charge in [0.25, 0.3) is 0 Å². The highest BCUT2D eigenvalue weighted by Gasteiger charge is 2.30. The number of alkyl halides is 3. The van der Waals surface area contributed by atoms with E-state index in [9.17, 15) is 18.0 Å². The van der Waals surface area contributed by atoms with Crippen LogP contribution >= 0.6 is 0 Å². The van der Waals surface area contributed by atoms with Gasteiger partial charge in [0.2, 0.25) is 0 Å². The average Bonchev–Trinajstić information content (AvgIpc) is 2.93. The minimum absolute atomic E-state index is 0.106. The number of benzene rings is 2. The predicted octanol–water partition coefficient (Wildman–Crippen LogP) is 4.56. The molecule has 6 nitrogen and oxygen atoms in total. The number of anilines is 2. The summed E-state index contributed by atoms with van der Waals surface area (Å²) in [7, 11) is 1.69. The van der Waals surface area contributed by atoms with Crippen LogP contribution in [0.4, 0.5) is 29.5 Å². The summed E-state index contributed by atoms with van der Waals surface area (Å²) in [5.74, 6) is 0.465. The van der Waals surface area contributed by atoms with Crippen LogP contribution < -0.4 is 16.2 Å². The molecule has 0 saturated carbocycles. The van der Waals surface area contributed by atoms with Crippen molar-refractivity contribution in [1.29, 1.82) is 0 Å². The molecule has 0 radical (unpaired) electrons. The molecule has 0 atom stereocenters. The van der Waals surface area contributed by atoms with Crippen molar-refractivity contribution in [2.75, 3.05) is 10.7 Å². The lowest BCUT2D eigenvalue weighted by molar-refractivity contribution is -0.137. The van der Waals surface area contributed by atoms with Gasteiger partial charge in [0, 0.05) is 12.6 Å². The smallest absolute Gasteiger partial charge is 0.297 e. The Labute approximate surface area is 159 Å². The van der Waals surface area contributed by atoms with Gasteiger partial charge < -0.3 is 0 Å². The van der Waals surface area contributed by atoms with Gasteiger partial charge in [-0.1, -0.05) is 36.4 Å². The fourth-order valence-corrected chi connectivity index (χ4v) is 2.79. The van der Waals surface area contributed by atoms with E-state index in [0.29, 0.717) is 5.82 Å². The Morgan fingerprint density at radius 3 is 2.46 bits per heavy atom. The number of hydrazine groups is 1. The van der Waals surface area contributed by atoms with E-state index in [1.165, 1.54) is 16.8 Å². The lowest BCUT2D eigenvalue weighted by Gasteiger charge is -2.13. The molecule has 0 saturated heterocycles. The second-order valence-corrected chi connectivity index (χ2v) is 6.08. The van der Waals surface area contributed by atoms with Crippen molar-refractivity contribution in [3.05, 3.63) is 65.9 Å². The van der Waals surface area contributed by atoms with Gasteiger partial charge in [-0.3, -0.25) is 20.9 Å². The van der Waals surface area contributed by atoms with Crippen molar-refractivity contribution in [1.82, 2.24) is 15.2 Å². The number of halogens is 3. The first-order valence-electron chi connectivity index (χ1n) is 8.35. The van der Waals surface area contributed by atoms with E-state index in [4.69, 9.17) is 0 Å². The molecular formula is C19H18F3N5O. The van der Waals surface area contributed by atoms with Gasteiger partial charge in [-0.15, -0.1) is 0 Å². The van der Waals surface area contributed by atoms with Crippen molar-refractivity contribution in [2.45, 2.75) is 13.1 Å². The normalized spacial score (nSPS) is 11.2. The molecule has 1 heterocycles. The number of hydrogen-bond acceptors (Lipinski definition) is 3. The number of rotatable bonds is 4. The van der Waals surface area contributed by atoms with Crippen molar-refractivity contribution >= 4 is 17.5 Å². The highest BCUT2D eigenvalue weighted by Crippen LogP contribution is 2.31. The summed E-state index contributed by atoms with van der Waals surface area (Å²) in [5, 5.41) is 7.01. The van der Waals surface area contributed by atoms with Crippen LogP contribution in [-0.2, 0) is 13.2 Å². The number of carbonyl (C=O) groups excluding carboxylic acids is 1. The summed E-state index contributed by atoms with van der Waals surface area (Å²) in [6, 6.07) is 13.3. The Balaban J connectivity index is 1.73. The lowest BCUT2D eigenvalue weighted by atomic mass is 10.1. The first kappa shape index (κ1) is 19.3. The first-order chi connectivity index (χ1) is 13.3. The molecule has 0 aliphatic heterocycles. The molecule has 0 aliphatic rings. The summed E-state index contributed by atoms with van der Waals surface area (Å²) < 4.78 is 39.8. The SMILES string of the molecule is Cc1nn(C)c(NC(=O)NNc2cccc(C(F)(F)F)c2)c1-c1ccccc1. The molecule has 3 N–H and O–H groups in total. The second-order valence-electron chi connectivity index (χ2n) is 6.08. The van der Waals surface area contributed by atoms with E-state index in [1.54, 1.807) is 7.05 Å². The number of aryl methyl sites for hydroxylation is 2. The predicted molar refractivity (Wildman–Crippen MR) is 101 cm³/mol. The van der Waals surface area contributed by atoms with Crippen LogP contribution in [0.25, 0.3) is 11.1 Å². The summed E-state index contributed by atoms with van der Waals surface area (Å²) in [5.41, 5.74) is 6.47. The third-order valence-electron chi connectivity index (χ3n) is 4.03. The fraction of sp³-hybridized carbons (Fsp3) is 0.158. The molecule has 2 amide bonds. The Kier molecular flexibility index (Phi) is 5.25. The lowest BCUT2D eigenvalue weighted by Crippen LogP contribution is -2.34. The van der Waals surface area contributed by atoms with E-state index >= 15 is 0 Å². The minimum atomic E-state index is -4.46. The zero-order valence-corrected chi connectivity index (χ0v) is 15.1. The van der Waals surface area contributed by atoms with E-state index in [0.717, 1.165) is 29.0 Å². The average molecular weight is 389 g/mol. The van der Waals surface area contributed by atoms with Crippen molar-refractivity contribution < 1.29 is 18.0 Å². The van der Waals surface area contributed by atoms with E-state index in [2.05, 4.69) is 21.3 Å². The van der Waals surface area contributed by atoms with Crippen LogP contribution in [0.1, 0.15) is 11.3 Å². The maximum atomic E-state index is 12.8. The molecule has 0 aliphatic carbocycles. The van der Waals surface area contributed by atoms with Crippen LogP contribution in [-0.4, -0.2) is 15.8 Å². The third-order valence-corrected chi connectivity index (χ3v) is 4.03. The minimum Gasteiger partial charge on any atom is -0.297 e. The number of amides is 2. The van der Waals surface area contributed by atoms with Gasteiger partial charge in [0.05, 0.1) is 16.9 Å². The molecule has 146 valence electrons. The van der Waals surface area contributed by atoms with Crippen LogP contribution in [0, 0.1) is 6.92 Å². The molecule has 0 unspecified atom stereocenters. The molecule has 0 spiro atoms. The number of nitrogens with one attached hydrogen (secondary N) is 3. The zero-order chi connectivity index (χ0) is 20.3. The van der Waals surface area contributed by atoms with Gasteiger partial charge in [0.1, 0.15) is 5.82 Å². The molecule has 1 aromatic heterocycles. The highest BCUT2D eigenvalue weighted by atomic mass is 19.4. The number of carbonyl (C=O) groups is 1. The molecule has 3 rings (SSSR count). The maximum absolute atomic E-state index is 12.8. The first-order valence-corrected chi connectivity index (χ1v) is 8.35. The Hall–Kier alpha value is -3.49. The van der Waals surface area contributed by atoms with Gasteiger partial charge in [0.15, 0.2) is 0 Å². The van der Waals surface area contributed by atoms with E-state index < -0.39 is 17.8 Å². The van der Waals surface area contributed by atoms with E-state index in [1.807, 2.05) is 37.3 Å². The molecular weight excluding hydrogens is 371 g/mol. The fourth-order valence-electron chi connectivity index (χ4n) is 2.79. The monoisotopic (exact) mass is 389 g/mol. The maximum Gasteiger partial charge on any atom is 0.416 e. The molecule has 2 aromatic carbocycles. The van der Waals surface area contributed by atoms with Crippen LogP contribution in [0.2, 0.25) is 0 Å². The summed E-state index contributed by atoms with van der Waals surface area (Å²) in [6.45, 7) is 1.83. The van der Waals surface area contributed by atoms with Gasteiger partial charge in [-0.25, -0.2) is 4.79 Å². The number of nitrogens with zero attached hydrogens (tertiary/aromatic N) is 2. The van der Waals surface area contributed by atoms with Crippen molar-refractivity contribution in [3.63, 3.8) is 0 Å². The summed E-state index contributed by atoms with van der Waals surface area (Å²) in [4.78, 5) is 12.3. The molecule has 0 bridgehead atoms. The van der Waals surface area contributed by atoms with Gasteiger partial charge in [-0.05, 0) is 30.7 Å². The Bertz CT molecular complexity index is 983. The largest absolute Gasteiger partial charge is 0.416 e. The van der Waals surface area contributed by atoms with E-state index in [-0.39, 0.29) is 5.69 Å². The van der Waals surface area contributed by atoms with Crippen LogP contribution in [0.15, 0.2) is 54.6 Å². The summed E-state index contributed by atoms with van der Waals surface area (Å²) >= 11 is 0.